The van der Waals surface area contributed by atoms with Crippen LogP contribution in [-0.2, 0) is 21.9 Å². The molecule has 0 saturated heterocycles. The number of nitrogens with one attached hydrogen (secondary N) is 1. The molecule has 0 aromatic heterocycles. The first-order valence-electron chi connectivity index (χ1n) is 10.3. The SMILES string of the molecule is Cc1ccccc1CN(C(=O)CSCc1c(F)cccc1Cl)[C@H](C)C(=O)NCC(C)C. The van der Waals surface area contributed by atoms with Crippen molar-refractivity contribution < 1.29 is 14.0 Å². The van der Waals surface area contributed by atoms with Crippen LogP contribution in [0, 0.1) is 18.7 Å². The second-order valence-corrected chi connectivity index (χ2v) is 9.35. The van der Waals surface area contributed by atoms with E-state index in [1.54, 1.807) is 24.0 Å². The quantitative estimate of drug-likeness (QED) is 0.525. The van der Waals surface area contributed by atoms with E-state index in [0.29, 0.717) is 29.6 Å². The van der Waals surface area contributed by atoms with Gasteiger partial charge < -0.3 is 10.2 Å². The third kappa shape index (κ3) is 7.54. The highest BCUT2D eigenvalue weighted by Gasteiger charge is 2.26. The number of benzene rings is 2. The van der Waals surface area contributed by atoms with Gasteiger partial charge in [-0.25, -0.2) is 4.39 Å². The molecule has 0 bridgehead atoms. The summed E-state index contributed by atoms with van der Waals surface area (Å²) in [5.74, 6) is -0.0177. The van der Waals surface area contributed by atoms with Crippen molar-refractivity contribution in [1.82, 2.24) is 10.2 Å². The van der Waals surface area contributed by atoms with Crippen molar-refractivity contribution in [2.45, 2.75) is 46.0 Å². The number of thioether (sulfide) groups is 1. The first kappa shape index (κ1) is 25.2. The van der Waals surface area contributed by atoms with Gasteiger partial charge in [-0.1, -0.05) is 55.8 Å². The number of hydrogen-bond donors (Lipinski definition) is 1. The molecule has 2 aromatic rings. The summed E-state index contributed by atoms with van der Waals surface area (Å²) in [6, 6.07) is 11.7. The molecular weight excluding hydrogens is 435 g/mol. The Morgan fingerprint density at radius 2 is 1.84 bits per heavy atom. The summed E-state index contributed by atoms with van der Waals surface area (Å²) < 4.78 is 14.0. The molecule has 0 unspecified atom stereocenters. The molecule has 0 radical (unpaired) electrons. The minimum absolute atomic E-state index is 0.123. The van der Waals surface area contributed by atoms with Crippen LogP contribution in [0.5, 0.6) is 0 Å². The van der Waals surface area contributed by atoms with Gasteiger partial charge in [-0.3, -0.25) is 9.59 Å². The molecule has 2 aromatic carbocycles. The van der Waals surface area contributed by atoms with E-state index in [1.807, 2.05) is 45.0 Å². The van der Waals surface area contributed by atoms with Gasteiger partial charge in [0, 0.05) is 29.4 Å². The lowest BCUT2D eigenvalue weighted by Gasteiger charge is -2.29. The number of aryl methyl sites for hydroxylation is 1. The molecule has 0 spiro atoms. The Bertz CT molecular complexity index is 887. The molecular formula is C24H30ClFN2O2S. The summed E-state index contributed by atoms with van der Waals surface area (Å²) in [5.41, 5.74) is 2.43. The lowest BCUT2D eigenvalue weighted by molar-refractivity contribution is -0.138. The van der Waals surface area contributed by atoms with Crippen molar-refractivity contribution in [2.24, 2.45) is 5.92 Å². The van der Waals surface area contributed by atoms with Crippen LogP contribution in [0.25, 0.3) is 0 Å². The van der Waals surface area contributed by atoms with Crippen LogP contribution >= 0.6 is 23.4 Å². The Hall–Kier alpha value is -2.05. The zero-order valence-corrected chi connectivity index (χ0v) is 20.0. The molecule has 4 nitrogen and oxygen atoms in total. The molecule has 1 atom stereocenters. The number of carbonyl (C=O) groups is 2. The molecule has 0 aliphatic heterocycles. The molecule has 0 aliphatic carbocycles. The van der Waals surface area contributed by atoms with Gasteiger partial charge in [-0.2, -0.15) is 0 Å². The third-order valence-electron chi connectivity index (χ3n) is 4.99. The summed E-state index contributed by atoms with van der Waals surface area (Å²) in [6.45, 7) is 8.65. The largest absolute Gasteiger partial charge is 0.354 e. The predicted octanol–water partition coefficient (Wildman–Crippen LogP) is 5.21. The summed E-state index contributed by atoms with van der Waals surface area (Å²) in [4.78, 5) is 27.4. The number of halogens is 2. The van der Waals surface area contributed by atoms with Crippen LogP contribution in [-0.4, -0.2) is 35.1 Å². The highest BCUT2D eigenvalue weighted by molar-refractivity contribution is 7.99. The van der Waals surface area contributed by atoms with Crippen LogP contribution in [0.3, 0.4) is 0 Å². The molecule has 2 amide bonds. The van der Waals surface area contributed by atoms with Gasteiger partial charge in [-0.15, -0.1) is 11.8 Å². The van der Waals surface area contributed by atoms with Gasteiger partial charge in [0.1, 0.15) is 11.9 Å². The van der Waals surface area contributed by atoms with Crippen LogP contribution in [0.4, 0.5) is 4.39 Å². The van der Waals surface area contributed by atoms with Crippen molar-refractivity contribution in [3.05, 3.63) is 70.0 Å². The van der Waals surface area contributed by atoms with E-state index in [-0.39, 0.29) is 29.1 Å². The van der Waals surface area contributed by atoms with Gasteiger partial charge >= 0.3 is 0 Å². The molecule has 7 heteroatoms. The Morgan fingerprint density at radius 1 is 1.13 bits per heavy atom. The van der Waals surface area contributed by atoms with Crippen molar-refractivity contribution >= 4 is 35.2 Å². The number of carbonyl (C=O) groups excluding carboxylic acids is 2. The number of hydrogen-bond acceptors (Lipinski definition) is 3. The maximum Gasteiger partial charge on any atom is 0.242 e. The number of nitrogens with zero attached hydrogens (tertiary/aromatic N) is 1. The van der Waals surface area contributed by atoms with Gasteiger partial charge in [-0.05, 0) is 43.0 Å². The standard InChI is InChI=1S/C24H30ClFN2O2S/c1-16(2)12-27-24(30)18(4)28(13-19-9-6-5-8-17(19)3)23(29)15-31-14-20-21(25)10-7-11-22(20)26/h5-11,16,18H,12-15H2,1-4H3,(H,27,30)/t18-/m1/s1. The summed E-state index contributed by atoms with van der Waals surface area (Å²) in [5, 5.41) is 3.25. The van der Waals surface area contributed by atoms with Crippen LogP contribution in [0.1, 0.15) is 37.5 Å². The van der Waals surface area contributed by atoms with E-state index < -0.39 is 6.04 Å². The van der Waals surface area contributed by atoms with Crippen molar-refractivity contribution in [3.63, 3.8) is 0 Å². The van der Waals surface area contributed by atoms with Crippen molar-refractivity contribution in [1.29, 1.82) is 0 Å². The van der Waals surface area contributed by atoms with Crippen LogP contribution in [0.2, 0.25) is 5.02 Å². The van der Waals surface area contributed by atoms with E-state index in [9.17, 15) is 14.0 Å². The van der Waals surface area contributed by atoms with Crippen LogP contribution < -0.4 is 5.32 Å². The third-order valence-corrected chi connectivity index (χ3v) is 6.29. The summed E-state index contributed by atoms with van der Waals surface area (Å²) >= 11 is 7.37. The Balaban J connectivity index is 2.11. The average molecular weight is 465 g/mol. The van der Waals surface area contributed by atoms with Gasteiger partial charge in [0.2, 0.25) is 11.8 Å². The lowest BCUT2D eigenvalue weighted by Crippen LogP contribution is -2.48. The maximum absolute atomic E-state index is 14.0. The molecule has 168 valence electrons. The minimum atomic E-state index is -0.622. The second kappa shape index (κ2) is 12.1. The molecule has 0 heterocycles. The first-order valence-corrected chi connectivity index (χ1v) is 11.9. The Labute approximate surface area is 193 Å². The molecule has 2 rings (SSSR count). The van der Waals surface area contributed by atoms with E-state index in [4.69, 9.17) is 11.6 Å². The Kier molecular flexibility index (Phi) is 9.85. The Morgan fingerprint density at radius 3 is 2.48 bits per heavy atom. The maximum atomic E-state index is 14.0. The zero-order valence-electron chi connectivity index (χ0n) is 18.5. The highest BCUT2D eigenvalue weighted by Crippen LogP contribution is 2.24. The lowest BCUT2D eigenvalue weighted by atomic mass is 10.1. The summed E-state index contributed by atoms with van der Waals surface area (Å²) in [7, 11) is 0. The van der Waals surface area contributed by atoms with Gasteiger partial charge in [0.15, 0.2) is 0 Å². The average Bonchev–Trinajstić information content (AvgIpc) is 2.72. The second-order valence-electron chi connectivity index (χ2n) is 7.96. The summed E-state index contributed by atoms with van der Waals surface area (Å²) in [6.07, 6.45) is 0. The minimum Gasteiger partial charge on any atom is -0.354 e. The smallest absolute Gasteiger partial charge is 0.242 e. The molecule has 1 N–H and O–H groups in total. The monoisotopic (exact) mass is 464 g/mol. The van der Waals surface area contributed by atoms with Gasteiger partial charge in [0.25, 0.3) is 0 Å². The normalized spacial score (nSPS) is 12.0. The molecule has 0 fully saturated rings. The van der Waals surface area contributed by atoms with Crippen molar-refractivity contribution in [2.75, 3.05) is 12.3 Å². The van der Waals surface area contributed by atoms with E-state index in [1.165, 1.54) is 17.8 Å². The number of rotatable bonds is 10. The van der Waals surface area contributed by atoms with Gasteiger partial charge in [0.05, 0.1) is 5.75 Å². The predicted molar refractivity (Wildman–Crippen MR) is 127 cm³/mol. The van der Waals surface area contributed by atoms with E-state index >= 15 is 0 Å². The number of amides is 2. The molecule has 0 saturated carbocycles. The highest BCUT2D eigenvalue weighted by atomic mass is 35.5. The van der Waals surface area contributed by atoms with E-state index in [0.717, 1.165) is 11.1 Å². The fourth-order valence-corrected chi connectivity index (χ4v) is 4.25. The first-order chi connectivity index (χ1) is 14.7. The van der Waals surface area contributed by atoms with E-state index in [2.05, 4.69) is 5.32 Å². The van der Waals surface area contributed by atoms with Crippen LogP contribution in [0.15, 0.2) is 42.5 Å². The topological polar surface area (TPSA) is 49.4 Å². The fraction of sp³-hybridized carbons (Fsp3) is 0.417. The molecule has 31 heavy (non-hydrogen) atoms. The fourth-order valence-electron chi connectivity index (χ4n) is 3.00. The van der Waals surface area contributed by atoms with Crippen molar-refractivity contribution in [3.8, 4) is 0 Å². The molecule has 0 aliphatic rings. The zero-order chi connectivity index (χ0) is 23.0.